The first-order valence-electron chi connectivity index (χ1n) is 11.4. The molecule has 1 heterocycles. The van der Waals surface area contributed by atoms with Crippen LogP contribution in [0.3, 0.4) is 0 Å². The van der Waals surface area contributed by atoms with Gasteiger partial charge in [-0.2, -0.15) is 0 Å². The van der Waals surface area contributed by atoms with Gasteiger partial charge in [-0.3, -0.25) is 9.59 Å². The zero-order valence-corrected chi connectivity index (χ0v) is 18.5. The summed E-state index contributed by atoms with van der Waals surface area (Å²) < 4.78 is 0. The van der Waals surface area contributed by atoms with Crippen LogP contribution in [0.25, 0.3) is 0 Å². The fraction of sp³-hybridized carbons (Fsp3) is 0.286. The van der Waals surface area contributed by atoms with Crippen LogP contribution in [-0.4, -0.2) is 24.3 Å². The van der Waals surface area contributed by atoms with E-state index in [1.54, 1.807) is 0 Å². The molecule has 1 aliphatic rings. The summed E-state index contributed by atoms with van der Waals surface area (Å²) in [4.78, 5) is 28.4. The molecule has 0 aromatic heterocycles. The molecule has 4 heteroatoms. The fourth-order valence-corrected chi connectivity index (χ4v) is 4.49. The zero-order chi connectivity index (χ0) is 22.3. The number of ketones is 1. The molecule has 0 bridgehead atoms. The second-order valence-electron chi connectivity index (χ2n) is 8.46. The van der Waals surface area contributed by atoms with Crippen molar-refractivity contribution < 1.29 is 9.59 Å². The predicted molar refractivity (Wildman–Crippen MR) is 129 cm³/mol. The highest BCUT2D eigenvalue weighted by atomic mass is 16.2. The summed E-state index contributed by atoms with van der Waals surface area (Å²) in [6.45, 7) is 3.07. The summed E-state index contributed by atoms with van der Waals surface area (Å²) in [7, 11) is 0. The Balaban J connectivity index is 1.45. The standard InChI is InChI=1S/C28H30N2O2/c1-21-26(28(32)29-19-11-10-14-22-12-4-2-5-13-22)30(20-23-15-6-3-7-16-23)25-18-9-8-17-24(25)27(21)31/h2-9,12-13,15-18,21,26H,10-11,14,19-20H2,1H3,(H,29,32). The quantitative estimate of drug-likeness (QED) is 0.514. The summed E-state index contributed by atoms with van der Waals surface area (Å²) in [5, 5.41) is 3.10. The summed E-state index contributed by atoms with van der Waals surface area (Å²) in [5.41, 5.74) is 3.96. The predicted octanol–water partition coefficient (Wildman–Crippen LogP) is 5.03. The Morgan fingerprint density at radius 1 is 0.844 bits per heavy atom. The molecule has 1 N–H and O–H groups in total. The number of rotatable bonds is 8. The number of Topliss-reactive ketones (excluding diaryl/α,β-unsaturated/α-hetero) is 1. The van der Waals surface area contributed by atoms with Crippen LogP contribution in [0.1, 0.15) is 41.3 Å². The molecule has 0 radical (unpaired) electrons. The number of amides is 1. The fourth-order valence-electron chi connectivity index (χ4n) is 4.49. The number of hydrogen-bond acceptors (Lipinski definition) is 3. The molecule has 0 aliphatic carbocycles. The van der Waals surface area contributed by atoms with Gasteiger partial charge in [-0.15, -0.1) is 0 Å². The first-order chi connectivity index (χ1) is 15.6. The van der Waals surface area contributed by atoms with Crippen molar-refractivity contribution in [2.45, 2.75) is 38.8 Å². The molecule has 32 heavy (non-hydrogen) atoms. The Labute approximate surface area is 190 Å². The topological polar surface area (TPSA) is 49.4 Å². The highest BCUT2D eigenvalue weighted by Crippen LogP contribution is 2.35. The molecule has 0 saturated heterocycles. The van der Waals surface area contributed by atoms with E-state index in [1.807, 2.05) is 55.5 Å². The van der Waals surface area contributed by atoms with Gasteiger partial charge in [0.15, 0.2) is 5.78 Å². The van der Waals surface area contributed by atoms with Crippen molar-refractivity contribution in [1.29, 1.82) is 0 Å². The second-order valence-corrected chi connectivity index (χ2v) is 8.46. The molecule has 2 atom stereocenters. The van der Waals surface area contributed by atoms with E-state index >= 15 is 0 Å². The number of benzene rings is 3. The minimum Gasteiger partial charge on any atom is -0.354 e. The van der Waals surface area contributed by atoms with Gasteiger partial charge in [0.1, 0.15) is 6.04 Å². The Hall–Kier alpha value is -3.40. The number of para-hydroxylation sites is 1. The Bertz CT molecular complexity index is 1050. The van der Waals surface area contributed by atoms with Crippen molar-refractivity contribution in [3.8, 4) is 0 Å². The number of nitrogens with zero attached hydrogens (tertiary/aromatic N) is 1. The molecule has 3 aromatic carbocycles. The molecule has 0 fully saturated rings. The average molecular weight is 427 g/mol. The monoisotopic (exact) mass is 426 g/mol. The molecule has 1 amide bonds. The van der Waals surface area contributed by atoms with Crippen LogP contribution in [0.4, 0.5) is 5.69 Å². The van der Waals surface area contributed by atoms with Gasteiger partial charge in [0.25, 0.3) is 0 Å². The molecule has 3 aromatic rings. The number of carbonyl (C=O) groups is 2. The van der Waals surface area contributed by atoms with Gasteiger partial charge in [-0.05, 0) is 42.5 Å². The number of carbonyl (C=O) groups excluding carboxylic acids is 2. The largest absolute Gasteiger partial charge is 0.354 e. The lowest BCUT2D eigenvalue weighted by Crippen LogP contribution is -2.55. The minimum absolute atomic E-state index is 0.0362. The molecule has 1 aliphatic heterocycles. The first kappa shape index (κ1) is 21.8. The van der Waals surface area contributed by atoms with E-state index in [1.165, 1.54) is 5.56 Å². The summed E-state index contributed by atoms with van der Waals surface area (Å²) in [5.74, 6) is -0.442. The minimum atomic E-state index is -0.522. The maximum Gasteiger partial charge on any atom is 0.243 e. The third kappa shape index (κ3) is 4.91. The van der Waals surface area contributed by atoms with E-state index in [4.69, 9.17) is 0 Å². The highest BCUT2D eigenvalue weighted by molar-refractivity contribution is 6.09. The van der Waals surface area contributed by atoms with Crippen molar-refractivity contribution >= 4 is 17.4 Å². The van der Waals surface area contributed by atoms with Gasteiger partial charge < -0.3 is 10.2 Å². The lowest BCUT2D eigenvalue weighted by Gasteiger charge is -2.40. The first-order valence-corrected chi connectivity index (χ1v) is 11.4. The molecule has 164 valence electrons. The van der Waals surface area contributed by atoms with Gasteiger partial charge in [0, 0.05) is 30.3 Å². The molecular formula is C28H30N2O2. The number of anilines is 1. The van der Waals surface area contributed by atoms with E-state index in [-0.39, 0.29) is 11.7 Å². The number of nitrogens with one attached hydrogen (secondary N) is 1. The molecular weight excluding hydrogens is 396 g/mol. The normalized spacial score (nSPS) is 17.7. The molecule has 0 spiro atoms. The highest BCUT2D eigenvalue weighted by Gasteiger charge is 2.41. The van der Waals surface area contributed by atoms with E-state index in [0.29, 0.717) is 18.7 Å². The third-order valence-corrected chi connectivity index (χ3v) is 6.20. The van der Waals surface area contributed by atoms with E-state index in [9.17, 15) is 9.59 Å². The third-order valence-electron chi connectivity index (χ3n) is 6.20. The smallest absolute Gasteiger partial charge is 0.243 e. The van der Waals surface area contributed by atoms with E-state index in [0.717, 1.165) is 30.5 Å². The number of fused-ring (bicyclic) bond motifs is 1. The van der Waals surface area contributed by atoms with Gasteiger partial charge in [0.05, 0.1) is 0 Å². The average Bonchev–Trinajstić information content (AvgIpc) is 2.83. The Morgan fingerprint density at radius 2 is 1.47 bits per heavy atom. The summed E-state index contributed by atoms with van der Waals surface area (Å²) in [6, 6.07) is 27.6. The van der Waals surface area contributed by atoms with Crippen LogP contribution in [0.2, 0.25) is 0 Å². The lowest BCUT2D eigenvalue weighted by molar-refractivity contribution is -0.123. The van der Waals surface area contributed by atoms with Crippen molar-refractivity contribution in [3.05, 3.63) is 102 Å². The van der Waals surface area contributed by atoms with Crippen molar-refractivity contribution in [3.63, 3.8) is 0 Å². The van der Waals surface area contributed by atoms with Crippen molar-refractivity contribution in [1.82, 2.24) is 5.32 Å². The SMILES string of the molecule is CC1C(=O)c2ccccc2N(Cc2ccccc2)C1C(=O)NCCCCc1ccccc1. The number of aryl methyl sites for hydroxylation is 1. The van der Waals surface area contributed by atoms with Crippen LogP contribution in [0.5, 0.6) is 0 Å². The number of hydrogen-bond donors (Lipinski definition) is 1. The number of unbranched alkanes of at least 4 members (excludes halogenated alkanes) is 1. The van der Waals surface area contributed by atoms with Crippen LogP contribution in [-0.2, 0) is 17.8 Å². The van der Waals surface area contributed by atoms with Crippen LogP contribution in [0, 0.1) is 5.92 Å². The zero-order valence-electron chi connectivity index (χ0n) is 18.5. The molecule has 4 rings (SSSR count). The Kier molecular flexibility index (Phi) is 7.00. The van der Waals surface area contributed by atoms with Crippen LogP contribution < -0.4 is 10.2 Å². The van der Waals surface area contributed by atoms with Crippen LogP contribution in [0.15, 0.2) is 84.9 Å². The van der Waals surface area contributed by atoms with Gasteiger partial charge in [-0.1, -0.05) is 79.7 Å². The van der Waals surface area contributed by atoms with Gasteiger partial charge >= 0.3 is 0 Å². The van der Waals surface area contributed by atoms with Crippen molar-refractivity contribution in [2.75, 3.05) is 11.4 Å². The van der Waals surface area contributed by atoms with Crippen molar-refractivity contribution in [2.24, 2.45) is 5.92 Å². The summed E-state index contributed by atoms with van der Waals surface area (Å²) >= 11 is 0. The molecule has 2 unspecified atom stereocenters. The maximum absolute atomic E-state index is 13.3. The van der Waals surface area contributed by atoms with Crippen LogP contribution >= 0.6 is 0 Å². The summed E-state index contributed by atoms with van der Waals surface area (Å²) in [6.07, 6.45) is 2.92. The molecule has 4 nitrogen and oxygen atoms in total. The van der Waals surface area contributed by atoms with E-state index < -0.39 is 12.0 Å². The van der Waals surface area contributed by atoms with Gasteiger partial charge in [-0.25, -0.2) is 0 Å². The van der Waals surface area contributed by atoms with E-state index in [2.05, 4.69) is 46.6 Å². The molecule has 0 saturated carbocycles. The second kappa shape index (κ2) is 10.3. The van der Waals surface area contributed by atoms with Gasteiger partial charge in [0.2, 0.25) is 5.91 Å². The maximum atomic E-state index is 13.3. The Morgan fingerprint density at radius 3 is 2.19 bits per heavy atom. The lowest BCUT2D eigenvalue weighted by atomic mass is 9.84.